The third kappa shape index (κ3) is 4.44. The molecule has 0 heterocycles. The van der Waals surface area contributed by atoms with E-state index in [2.05, 4.69) is 5.32 Å². The number of hydrogen-bond acceptors (Lipinski definition) is 3. The smallest absolute Gasteiger partial charge is 0.251 e. The highest BCUT2D eigenvalue weighted by molar-refractivity contribution is 5.96. The van der Waals surface area contributed by atoms with Crippen molar-refractivity contribution in [3.8, 4) is 0 Å². The monoisotopic (exact) mass is 236 g/mol. The second kappa shape index (κ2) is 6.91. The Morgan fingerprint density at radius 1 is 1.41 bits per heavy atom. The molecule has 3 N–H and O–H groups in total. The number of unbranched alkanes of at least 4 members (excludes halogenated alkanes) is 1. The lowest BCUT2D eigenvalue weighted by molar-refractivity contribution is 0.0951. The van der Waals surface area contributed by atoms with E-state index in [0.29, 0.717) is 17.8 Å². The van der Waals surface area contributed by atoms with Crippen LogP contribution in [-0.4, -0.2) is 26.2 Å². The fourth-order valence-corrected chi connectivity index (χ4v) is 1.55. The summed E-state index contributed by atoms with van der Waals surface area (Å²) in [4.78, 5) is 11.9. The highest BCUT2D eigenvalue weighted by atomic mass is 16.5. The molecule has 0 aliphatic carbocycles. The number of rotatable bonds is 6. The van der Waals surface area contributed by atoms with E-state index in [1.165, 1.54) is 0 Å². The molecule has 4 nitrogen and oxygen atoms in total. The van der Waals surface area contributed by atoms with Crippen LogP contribution >= 0.6 is 0 Å². The molecule has 0 aliphatic heterocycles. The standard InChI is InChI=1S/C13H20N2O2/c1-10-5-6-11(14)9-12(10)13(16)15-7-3-4-8-17-2/h5-6,9H,3-4,7-8,14H2,1-2H3,(H,15,16). The highest BCUT2D eigenvalue weighted by Crippen LogP contribution is 2.12. The fourth-order valence-electron chi connectivity index (χ4n) is 1.55. The van der Waals surface area contributed by atoms with E-state index < -0.39 is 0 Å². The first-order chi connectivity index (χ1) is 8.15. The van der Waals surface area contributed by atoms with Crippen LogP contribution in [0.5, 0.6) is 0 Å². The summed E-state index contributed by atoms with van der Waals surface area (Å²) in [5.74, 6) is -0.0628. The van der Waals surface area contributed by atoms with Crippen LogP contribution < -0.4 is 11.1 Å². The van der Waals surface area contributed by atoms with Crippen molar-refractivity contribution in [1.29, 1.82) is 0 Å². The van der Waals surface area contributed by atoms with Crippen LogP contribution in [0.3, 0.4) is 0 Å². The molecular weight excluding hydrogens is 216 g/mol. The number of nitrogen functional groups attached to an aromatic ring is 1. The van der Waals surface area contributed by atoms with Gasteiger partial charge in [0.2, 0.25) is 0 Å². The summed E-state index contributed by atoms with van der Waals surface area (Å²) in [5.41, 5.74) is 7.86. The minimum atomic E-state index is -0.0628. The number of hydrogen-bond donors (Lipinski definition) is 2. The number of benzene rings is 1. The molecule has 17 heavy (non-hydrogen) atoms. The van der Waals surface area contributed by atoms with Crippen LogP contribution in [0.4, 0.5) is 5.69 Å². The van der Waals surface area contributed by atoms with Crippen molar-refractivity contribution in [1.82, 2.24) is 5.32 Å². The Balaban J connectivity index is 2.44. The van der Waals surface area contributed by atoms with E-state index in [1.807, 2.05) is 13.0 Å². The van der Waals surface area contributed by atoms with Gasteiger partial charge < -0.3 is 15.8 Å². The Morgan fingerprint density at radius 3 is 2.88 bits per heavy atom. The Hall–Kier alpha value is -1.55. The lowest BCUT2D eigenvalue weighted by Crippen LogP contribution is -2.25. The number of nitrogens with one attached hydrogen (secondary N) is 1. The number of amides is 1. The molecule has 1 aromatic rings. The molecule has 0 aromatic heterocycles. The van der Waals surface area contributed by atoms with Gasteiger partial charge in [-0.25, -0.2) is 0 Å². The summed E-state index contributed by atoms with van der Waals surface area (Å²) in [6.45, 7) is 3.29. The van der Waals surface area contributed by atoms with Gasteiger partial charge >= 0.3 is 0 Å². The van der Waals surface area contributed by atoms with Crippen LogP contribution in [0.15, 0.2) is 18.2 Å². The summed E-state index contributed by atoms with van der Waals surface area (Å²) >= 11 is 0. The third-order valence-electron chi connectivity index (χ3n) is 2.57. The minimum absolute atomic E-state index is 0.0628. The predicted molar refractivity (Wildman–Crippen MR) is 69.0 cm³/mol. The second-order valence-electron chi connectivity index (χ2n) is 4.03. The Morgan fingerprint density at radius 2 is 2.18 bits per heavy atom. The molecular formula is C13H20N2O2. The molecule has 1 rings (SSSR count). The van der Waals surface area contributed by atoms with Crippen LogP contribution in [0, 0.1) is 6.92 Å². The molecule has 0 atom stereocenters. The van der Waals surface area contributed by atoms with Crippen molar-refractivity contribution in [2.75, 3.05) is 26.0 Å². The van der Waals surface area contributed by atoms with Crippen LogP contribution in [0.2, 0.25) is 0 Å². The zero-order valence-electron chi connectivity index (χ0n) is 10.5. The first kappa shape index (κ1) is 13.5. The Bertz CT molecular complexity index is 378. The van der Waals surface area contributed by atoms with Gasteiger partial charge in [0, 0.05) is 31.5 Å². The van der Waals surface area contributed by atoms with Gasteiger partial charge in [-0.1, -0.05) is 6.07 Å². The fraction of sp³-hybridized carbons (Fsp3) is 0.462. The molecule has 1 amide bonds. The lowest BCUT2D eigenvalue weighted by Gasteiger charge is -2.08. The highest BCUT2D eigenvalue weighted by Gasteiger charge is 2.08. The van der Waals surface area contributed by atoms with E-state index in [4.69, 9.17) is 10.5 Å². The largest absolute Gasteiger partial charge is 0.399 e. The van der Waals surface area contributed by atoms with Gasteiger partial charge in [0.15, 0.2) is 0 Å². The van der Waals surface area contributed by atoms with Crippen molar-refractivity contribution < 1.29 is 9.53 Å². The van der Waals surface area contributed by atoms with Crippen LogP contribution in [-0.2, 0) is 4.74 Å². The number of ether oxygens (including phenoxy) is 1. The molecule has 0 saturated heterocycles. The van der Waals surface area contributed by atoms with Gasteiger partial charge in [-0.3, -0.25) is 4.79 Å². The van der Waals surface area contributed by atoms with E-state index in [9.17, 15) is 4.79 Å². The lowest BCUT2D eigenvalue weighted by atomic mass is 10.1. The van der Waals surface area contributed by atoms with Gasteiger partial charge in [0.25, 0.3) is 5.91 Å². The number of anilines is 1. The first-order valence-corrected chi connectivity index (χ1v) is 5.78. The molecule has 1 aromatic carbocycles. The number of methoxy groups -OCH3 is 1. The van der Waals surface area contributed by atoms with Gasteiger partial charge in [-0.05, 0) is 37.5 Å². The number of nitrogens with two attached hydrogens (primary N) is 1. The molecule has 0 fully saturated rings. The predicted octanol–water partition coefficient (Wildman–Crippen LogP) is 1.73. The third-order valence-corrected chi connectivity index (χ3v) is 2.57. The molecule has 94 valence electrons. The number of carbonyl (C=O) groups excluding carboxylic acids is 1. The normalized spacial score (nSPS) is 10.2. The first-order valence-electron chi connectivity index (χ1n) is 5.78. The van der Waals surface area contributed by atoms with Crippen LogP contribution in [0.25, 0.3) is 0 Å². The maximum absolute atomic E-state index is 11.9. The second-order valence-corrected chi connectivity index (χ2v) is 4.03. The zero-order valence-corrected chi connectivity index (χ0v) is 10.5. The summed E-state index contributed by atoms with van der Waals surface area (Å²) in [6, 6.07) is 5.36. The number of carbonyl (C=O) groups is 1. The topological polar surface area (TPSA) is 64.3 Å². The molecule has 0 aliphatic rings. The average molecular weight is 236 g/mol. The zero-order chi connectivity index (χ0) is 12.7. The van der Waals surface area contributed by atoms with Crippen molar-refractivity contribution in [2.24, 2.45) is 0 Å². The van der Waals surface area contributed by atoms with E-state index in [1.54, 1.807) is 19.2 Å². The molecule has 0 spiro atoms. The van der Waals surface area contributed by atoms with Crippen molar-refractivity contribution in [2.45, 2.75) is 19.8 Å². The van der Waals surface area contributed by atoms with Gasteiger partial charge in [-0.2, -0.15) is 0 Å². The molecule has 0 radical (unpaired) electrons. The summed E-state index contributed by atoms with van der Waals surface area (Å²) in [7, 11) is 1.68. The summed E-state index contributed by atoms with van der Waals surface area (Å²) in [6.07, 6.45) is 1.87. The van der Waals surface area contributed by atoms with Gasteiger partial charge in [-0.15, -0.1) is 0 Å². The minimum Gasteiger partial charge on any atom is -0.399 e. The molecule has 0 bridgehead atoms. The number of aryl methyl sites for hydroxylation is 1. The molecule has 0 unspecified atom stereocenters. The summed E-state index contributed by atoms with van der Waals surface area (Å²) < 4.78 is 4.94. The average Bonchev–Trinajstić information content (AvgIpc) is 2.32. The SMILES string of the molecule is COCCCCNC(=O)c1cc(N)ccc1C. The van der Waals surface area contributed by atoms with E-state index in [-0.39, 0.29) is 5.91 Å². The van der Waals surface area contributed by atoms with E-state index >= 15 is 0 Å². The van der Waals surface area contributed by atoms with Gasteiger partial charge in [0.05, 0.1) is 0 Å². The maximum Gasteiger partial charge on any atom is 0.251 e. The quantitative estimate of drug-likeness (QED) is 0.584. The van der Waals surface area contributed by atoms with Crippen molar-refractivity contribution >= 4 is 11.6 Å². The molecule has 4 heteroatoms. The van der Waals surface area contributed by atoms with E-state index in [0.717, 1.165) is 25.0 Å². The van der Waals surface area contributed by atoms with Crippen LogP contribution in [0.1, 0.15) is 28.8 Å². The maximum atomic E-state index is 11.9. The van der Waals surface area contributed by atoms with Gasteiger partial charge in [0.1, 0.15) is 0 Å². The van der Waals surface area contributed by atoms with Crippen molar-refractivity contribution in [3.63, 3.8) is 0 Å². The molecule has 0 saturated carbocycles. The van der Waals surface area contributed by atoms with Crippen molar-refractivity contribution in [3.05, 3.63) is 29.3 Å². The Kier molecular flexibility index (Phi) is 5.49. The Labute approximate surface area is 102 Å². The summed E-state index contributed by atoms with van der Waals surface area (Å²) in [5, 5.41) is 2.88.